The van der Waals surface area contributed by atoms with Crippen LogP contribution in [-0.4, -0.2) is 15.0 Å². The third-order valence-electron chi connectivity index (χ3n) is 10.7. The summed E-state index contributed by atoms with van der Waals surface area (Å²) in [4.78, 5) is 14.7. The molecule has 0 saturated carbocycles. The van der Waals surface area contributed by atoms with Gasteiger partial charge in [-0.1, -0.05) is 182 Å². The van der Waals surface area contributed by atoms with Crippen molar-refractivity contribution in [3.63, 3.8) is 0 Å². The van der Waals surface area contributed by atoms with Gasteiger partial charge < -0.3 is 8.83 Å². The van der Waals surface area contributed by atoms with Gasteiger partial charge >= 0.3 is 0 Å². The Kier molecular flexibility index (Phi) is 5.55. The summed E-state index contributed by atoms with van der Waals surface area (Å²) in [7, 11) is 0. The Labute approximate surface area is 378 Å². The lowest BCUT2D eigenvalue weighted by molar-refractivity contribution is 0.669. The number of fused-ring (bicyclic) bond motifs is 6. The third kappa shape index (κ3) is 6.14. The standard InChI is InChI=1S/C57H35N3O2/c1-4-14-36(15-5-1)38-28-30-40(31-29-38)55-58-56(60-57(59-55)49-26-12-25-47-46-24-11-23-45(53(46)62-54(47)49)39-18-8-3-9-19-39)43-32-33-48-51(35-43)61-50-27-13-22-44(52(48)50)42-21-10-20-41(34-42)37-16-6-2-7-17-37/h1-35H/i2D,3D,6D,7D,8D,9D,13D,16D,18D,19D,22D,27D,32D,33D,35D. The molecular weight excluding hydrogens is 759 g/mol. The predicted molar refractivity (Wildman–Crippen MR) is 252 cm³/mol. The number of para-hydroxylation sites is 2. The van der Waals surface area contributed by atoms with Crippen LogP contribution in [0, 0.1) is 0 Å². The summed E-state index contributed by atoms with van der Waals surface area (Å²) in [5.74, 6) is -0.0633. The zero-order valence-electron chi connectivity index (χ0n) is 47.2. The van der Waals surface area contributed by atoms with Crippen molar-refractivity contribution in [2.24, 2.45) is 0 Å². The fraction of sp³-hybridized carbons (Fsp3) is 0. The van der Waals surface area contributed by atoms with Crippen molar-refractivity contribution in [1.82, 2.24) is 15.0 Å². The van der Waals surface area contributed by atoms with Gasteiger partial charge in [-0.25, -0.2) is 15.0 Å². The molecule has 0 fully saturated rings. The molecule has 0 spiro atoms. The Balaban J connectivity index is 1.09. The highest BCUT2D eigenvalue weighted by Crippen LogP contribution is 2.42. The monoisotopic (exact) mass is 808 g/mol. The van der Waals surface area contributed by atoms with Crippen LogP contribution in [0.1, 0.15) is 20.6 Å². The molecule has 0 aliphatic carbocycles. The van der Waals surface area contributed by atoms with E-state index in [0.717, 1.165) is 11.1 Å². The predicted octanol–water partition coefficient (Wildman–Crippen LogP) is 15.3. The zero-order valence-corrected chi connectivity index (χ0v) is 32.2. The summed E-state index contributed by atoms with van der Waals surface area (Å²) in [6.45, 7) is 0. The van der Waals surface area contributed by atoms with E-state index in [1.54, 1.807) is 60.7 Å². The summed E-state index contributed by atoms with van der Waals surface area (Å²) in [6, 6.07) is 28.6. The molecule has 0 atom stereocenters. The van der Waals surface area contributed by atoms with E-state index in [-0.39, 0.29) is 96.0 Å². The van der Waals surface area contributed by atoms with E-state index in [2.05, 4.69) is 0 Å². The molecule has 0 unspecified atom stereocenters. The van der Waals surface area contributed by atoms with Gasteiger partial charge in [0, 0.05) is 38.2 Å². The second-order valence-corrected chi connectivity index (χ2v) is 14.4. The second-order valence-electron chi connectivity index (χ2n) is 14.4. The summed E-state index contributed by atoms with van der Waals surface area (Å²) in [6.07, 6.45) is 0. The molecule has 0 saturated heterocycles. The minimum atomic E-state index is -0.535. The van der Waals surface area contributed by atoms with Gasteiger partial charge in [-0.15, -0.1) is 0 Å². The molecule has 0 aliphatic rings. The van der Waals surface area contributed by atoms with Crippen molar-refractivity contribution in [1.29, 1.82) is 0 Å². The minimum Gasteiger partial charge on any atom is -0.456 e. The number of benzene rings is 9. The number of nitrogens with zero attached hydrogens (tertiary/aromatic N) is 3. The normalized spacial score (nSPS) is 14.9. The molecule has 5 nitrogen and oxygen atoms in total. The fourth-order valence-electron chi connectivity index (χ4n) is 7.81. The average molecular weight is 809 g/mol. The van der Waals surface area contributed by atoms with E-state index in [4.69, 9.17) is 38.9 Å². The van der Waals surface area contributed by atoms with Gasteiger partial charge in [0.05, 0.1) is 26.1 Å². The molecule has 9 aromatic carbocycles. The van der Waals surface area contributed by atoms with Gasteiger partial charge in [0.2, 0.25) is 0 Å². The van der Waals surface area contributed by atoms with Gasteiger partial charge in [-0.3, -0.25) is 0 Å². The summed E-state index contributed by atoms with van der Waals surface area (Å²) in [5, 5.41) is 1.07. The maximum absolute atomic E-state index is 9.78. The molecule has 0 bridgehead atoms. The van der Waals surface area contributed by atoms with E-state index in [1.807, 2.05) is 54.6 Å². The number of aromatic nitrogens is 3. The molecule has 5 heteroatoms. The second kappa shape index (κ2) is 14.7. The van der Waals surface area contributed by atoms with Crippen LogP contribution >= 0.6 is 0 Å². The summed E-state index contributed by atoms with van der Waals surface area (Å²) >= 11 is 0. The number of furan rings is 2. The molecule has 0 radical (unpaired) electrons. The Morgan fingerprint density at radius 2 is 0.984 bits per heavy atom. The molecule has 0 amide bonds. The van der Waals surface area contributed by atoms with E-state index in [0.29, 0.717) is 27.5 Å². The first kappa shape index (κ1) is 23.4. The first-order chi connectivity index (χ1) is 36.9. The average Bonchev–Trinajstić information content (AvgIpc) is 4.27. The molecule has 3 heterocycles. The summed E-state index contributed by atoms with van der Waals surface area (Å²) < 4.78 is 145. The van der Waals surface area contributed by atoms with Crippen LogP contribution in [0.2, 0.25) is 0 Å². The van der Waals surface area contributed by atoms with Crippen LogP contribution in [0.4, 0.5) is 0 Å². The number of hydrogen-bond acceptors (Lipinski definition) is 5. The van der Waals surface area contributed by atoms with Crippen LogP contribution in [0.3, 0.4) is 0 Å². The molecule has 0 N–H and O–H groups in total. The van der Waals surface area contributed by atoms with Gasteiger partial charge in [0.1, 0.15) is 22.3 Å². The Morgan fingerprint density at radius 1 is 0.339 bits per heavy atom. The van der Waals surface area contributed by atoms with Gasteiger partial charge in [-0.2, -0.15) is 0 Å². The van der Waals surface area contributed by atoms with E-state index < -0.39 is 78.6 Å². The highest BCUT2D eigenvalue weighted by atomic mass is 16.3. The third-order valence-corrected chi connectivity index (χ3v) is 10.7. The highest BCUT2D eigenvalue weighted by molar-refractivity contribution is 6.14. The summed E-state index contributed by atoms with van der Waals surface area (Å²) in [5.41, 5.74) is 3.56. The Hall–Kier alpha value is -8.41. The van der Waals surface area contributed by atoms with Crippen LogP contribution in [0.25, 0.3) is 123 Å². The van der Waals surface area contributed by atoms with Crippen molar-refractivity contribution in [3.8, 4) is 78.7 Å². The van der Waals surface area contributed by atoms with Crippen LogP contribution in [-0.2, 0) is 0 Å². The lowest BCUT2D eigenvalue weighted by Crippen LogP contribution is -2.00. The minimum absolute atomic E-state index is 0.0201. The molecule has 12 aromatic rings. The molecular formula is C57H35N3O2. The molecule has 0 aliphatic heterocycles. The quantitative estimate of drug-likeness (QED) is 0.160. The number of hydrogen-bond donors (Lipinski definition) is 0. The SMILES string of the molecule is [2H]c1cc(-c2cccc(-c3c([2H])c([2H])c([2H])c4oc5c([2H])c(-c6nc(-c7ccc(-c8ccccc8)cc7)nc(-c7cccc8c7oc7c(-c9c([2H])c([2H])c([2H])c([2H])c9[2H])cccc78)n6)c([2H])c([2H])c5c34)c2)c([2H])c([2H])c1[2H]. The van der Waals surface area contributed by atoms with Crippen LogP contribution < -0.4 is 0 Å². The van der Waals surface area contributed by atoms with Crippen molar-refractivity contribution < 1.29 is 29.4 Å². The topological polar surface area (TPSA) is 65.0 Å². The zero-order chi connectivity index (χ0) is 54.0. The first-order valence-corrected chi connectivity index (χ1v) is 19.5. The smallest absolute Gasteiger partial charge is 0.167 e. The number of rotatable bonds is 7. The maximum atomic E-state index is 9.78. The van der Waals surface area contributed by atoms with Crippen molar-refractivity contribution >= 4 is 43.9 Å². The van der Waals surface area contributed by atoms with Crippen LogP contribution in [0.5, 0.6) is 0 Å². The lowest BCUT2D eigenvalue weighted by Gasteiger charge is -2.10. The molecule has 62 heavy (non-hydrogen) atoms. The first-order valence-electron chi connectivity index (χ1n) is 27.0. The largest absolute Gasteiger partial charge is 0.456 e. The fourth-order valence-corrected chi connectivity index (χ4v) is 7.81. The molecule has 12 rings (SSSR count). The van der Waals surface area contributed by atoms with E-state index >= 15 is 0 Å². The lowest BCUT2D eigenvalue weighted by atomic mass is 9.96. The van der Waals surface area contributed by atoms with Gasteiger partial charge in [0.15, 0.2) is 17.5 Å². The van der Waals surface area contributed by atoms with Gasteiger partial charge in [0.25, 0.3) is 0 Å². The highest BCUT2D eigenvalue weighted by Gasteiger charge is 2.21. The van der Waals surface area contributed by atoms with Crippen molar-refractivity contribution in [2.75, 3.05) is 0 Å². The molecule has 3 aromatic heterocycles. The van der Waals surface area contributed by atoms with Crippen molar-refractivity contribution in [2.45, 2.75) is 0 Å². The van der Waals surface area contributed by atoms with E-state index in [9.17, 15) is 5.48 Å². The Bertz CT molecular complexity index is 4490. The molecule has 290 valence electrons. The maximum Gasteiger partial charge on any atom is 0.167 e. The Morgan fingerprint density at radius 3 is 1.81 bits per heavy atom. The van der Waals surface area contributed by atoms with E-state index in [1.165, 1.54) is 6.07 Å². The van der Waals surface area contributed by atoms with Gasteiger partial charge in [-0.05, 0) is 69.2 Å². The van der Waals surface area contributed by atoms with Crippen LogP contribution in [0.15, 0.2) is 221 Å². The van der Waals surface area contributed by atoms with Crippen molar-refractivity contribution in [3.05, 3.63) is 212 Å².